The topological polar surface area (TPSA) is 51.2 Å². The monoisotopic (exact) mass is 318 g/mol. The zero-order valence-electron chi connectivity index (χ0n) is 13.7. The van der Waals surface area contributed by atoms with Gasteiger partial charge in [-0.3, -0.25) is 14.4 Å². The van der Waals surface area contributed by atoms with Gasteiger partial charge in [-0.2, -0.15) is 0 Å². The second kappa shape index (κ2) is 6.36. The smallest absolute Gasteiger partial charge is 0.181 e. The number of rotatable bonds is 4. The van der Waals surface area contributed by atoms with Gasteiger partial charge in [0.05, 0.1) is 5.92 Å². The van der Waals surface area contributed by atoms with E-state index in [1.165, 1.54) is 0 Å². The second-order valence-electron chi connectivity index (χ2n) is 5.99. The van der Waals surface area contributed by atoms with Gasteiger partial charge in [-0.05, 0) is 19.4 Å². The van der Waals surface area contributed by atoms with Gasteiger partial charge in [0, 0.05) is 11.1 Å². The molecule has 2 aromatic carbocycles. The third kappa shape index (κ3) is 2.52. The van der Waals surface area contributed by atoms with Crippen molar-refractivity contribution in [2.24, 2.45) is 5.92 Å². The Balaban J connectivity index is 2.04. The van der Waals surface area contributed by atoms with Gasteiger partial charge >= 0.3 is 0 Å². The number of hydrogen-bond acceptors (Lipinski definition) is 3. The maximum absolute atomic E-state index is 13.2. The molecular weight excluding hydrogens is 300 g/mol. The van der Waals surface area contributed by atoms with Crippen molar-refractivity contribution < 1.29 is 14.4 Å². The van der Waals surface area contributed by atoms with Crippen LogP contribution in [0.15, 0.2) is 66.2 Å². The van der Waals surface area contributed by atoms with Gasteiger partial charge in [0.25, 0.3) is 0 Å². The lowest BCUT2D eigenvalue weighted by Crippen LogP contribution is -2.31. The highest BCUT2D eigenvalue weighted by Gasteiger charge is 2.45. The summed E-state index contributed by atoms with van der Waals surface area (Å²) >= 11 is 0. The number of ketones is 3. The summed E-state index contributed by atoms with van der Waals surface area (Å²) in [7, 11) is 0. The zero-order chi connectivity index (χ0) is 17.3. The highest BCUT2D eigenvalue weighted by molar-refractivity contribution is 6.36. The molecule has 0 saturated carbocycles. The van der Waals surface area contributed by atoms with Crippen LogP contribution < -0.4 is 0 Å². The molecule has 3 heteroatoms. The third-order valence-electron chi connectivity index (χ3n) is 4.59. The van der Waals surface area contributed by atoms with Gasteiger partial charge in [0.2, 0.25) is 0 Å². The van der Waals surface area contributed by atoms with Crippen molar-refractivity contribution in [2.45, 2.75) is 19.8 Å². The first-order chi connectivity index (χ1) is 11.6. The van der Waals surface area contributed by atoms with Gasteiger partial charge in [-0.25, -0.2) is 0 Å². The third-order valence-corrected chi connectivity index (χ3v) is 4.59. The van der Waals surface area contributed by atoms with Crippen LogP contribution in [0.1, 0.15) is 46.0 Å². The molecule has 2 aromatic rings. The first-order valence-corrected chi connectivity index (χ1v) is 7.95. The van der Waals surface area contributed by atoms with Crippen molar-refractivity contribution in [1.82, 2.24) is 0 Å². The summed E-state index contributed by atoms with van der Waals surface area (Å²) in [4.78, 5) is 38.4. The normalized spacial score (nSPS) is 16.2. The summed E-state index contributed by atoms with van der Waals surface area (Å²) in [6.07, 6.45) is 1.85. The Kier molecular flexibility index (Phi) is 4.26. The van der Waals surface area contributed by atoms with Crippen molar-refractivity contribution in [2.75, 3.05) is 0 Å². The van der Waals surface area contributed by atoms with Gasteiger partial charge in [0.15, 0.2) is 17.3 Å². The van der Waals surface area contributed by atoms with Crippen LogP contribution in [-0.2, 0) is 4.79 Å². The highest BCUT2D eigenvalue weighted by Crippen LogP contribution is 2.34. The van der Waals surface area contributed by atoms with Crippen molar-refractivity contribution >= 4 is 17.3 Å². The Morgan fingerprint density at radius 3 is 1.92 bits per heavy atom. The van der Waals surface area contributed by atoms with E-state index in [1.807, 2.05) is 50.3 Å². The van der Waals surface area contributed by atoms with E-state index >= 15 is 0 Å². The van der Waals surface area contributed by atoms with Crippen LogP contribution in [0, 0.1) is 5.92 Å². The van der Waals surface area contributed by atoms with Crippen LogP contribution in [0.2, 0.25) is 0 Å². The molecule has 0 aromatic heterocycles. The summed E-state index contributed by atoms with van der Waals surface area (Å²) in [5.41, 5.74) is 2.34. The van der Waals surface area contributed by atoms with E-state index in [2.05, 4.69) is 0 Å². The number of carbonyl (C=O) groups excluding carboxylic acids is 3. The maximum Gasteiger partial charge on any atom is 0.181 e. The fourth-order valence-corrected chi connectivity index (χ4v) is 3.23. The van der Waals surface area contributed by atoms with E-state index in [9.17, 15) is 14.4 Å². The highest BCUT2D eigenvalue weighted by atomic mass is 16.2. The number of benzene rings is 2. The number of carbonyl (C=O) groups is 3. The zero-order valence-corrected chi connectivity index (χ0v) is 13.7. The molecule has 120 valence electrons. The van der Waals surface area contributed by atoms with Gasteiger partial charge in [-0.1, -0.05) is 66.2 Å². The first kappa shape index (κ1) is 16.1. The van der Waals surface area contributed by atoms with E-state index in [-0.39, 0.29) is 17.3 Å². The van der Waals surface area contributed by atoms with Crippen LogP contribution in [-0.4, -0.2) is 17.3 Å². The van der Waals surface area contributed by atoms with Gasteiger partial charge < -0.3 is 0 Å². The van der Waals surface area contributed by atoms with Crippen LogP contribution in [0.25, 0.3) is 0 Å². The molecule has 3 nitrogen and oxygen atoms in total. The average molecular weight is 318 g/mol. The number of hydrogen-bond donors (Lipinski definition) is 0. The molecule has 0 heterocycles. The summed E-state index contributed by atoms with van der Waals surface area (Å²) in [5, 5.41) is 0. The van der Waals surface area contributed by atoms with Crippen molar-refractivity contribution in [1.29, 1.82) is 0 Å². The molecule has 1 unspecified atom stereocenters. The van der Waals surface area contributed by atoms with Gasteiger partial charge in [0.1, 0.15) is 5.92 Å². The maximum atomic E-state index is 13.2. The fraction of sp³-hybridized carbons (Fsp3) is 0.190. The number of allylic oxidation sites excluding steroid dienone is 2. The molecule has 0 spiro atoms. The number of fused-ring (bicyclic) bond motifs is 1. The molecule has 3 rings (SSSR count). The van der Waals surface area contributed by atoms with Crippen molar-refractivity contribution in [3.8, 4) is 0 Å². The molecule has 0 amide bonds. The Morgan fingerprint density at radius 1 is 0.917 bits per heavy atom. The minimum atomic E-state index is -1.23. The molecule has 0 fully saturated rings. The van der Waals surface area contributed by atoms with E-state index in [0.717, 1.165) is 11.1 Å². The van der Waals surface area contributed by atoms with Crippen LogP contribution >= 0.6 is 0 Å². The molecule has 0 saturated heterocycles. The summed E-state index contributed by atoms with van der Waals surface area (Å²) < 4.78 is 0. The molecule has 1 aliphatic carbocycles. The first-order valence-electron chi connectivity index (χ1n) is 7.95. The van der Waals surface area contributed by atoms with Gasteiger partial charge in [-0.15, -0.1) is 0 Å². The minimum absolute atomic E-state index is 0.344. The van der Waals surface area contributed by atoms with Crippen molar-refractivity contribution in [3.05, 3.63) is 82.9 Å². The molecule has 0 N–H and O–H groups in total. The van der Waals surface area contributed by atoms with Crippen LogP contribution in [0.4, 0.5) is 0 Å². The fourth-order valence-electron chi connectivity index (χ4n) is 3.23. The summed E-state index contributed by atoms with van der Waals surface area (Å²) in [6, 6.07) is 15.9. The SMILES string of the molecule is C/C=C(\C)C(C(=O)C1C(=O)c2ccccc2C1=O)c1ccccc1. The van der Waals surface area contributed by atoms with E-state index in [0.29, 0.717) is 11.1 Å². The quantitative estimate of drug-likeness (QED) is 0.632. The lowest BCUT2D eigenvalue weighted by Gasteiger charge is -2.19. The Hall–Kier alpha value is -2.81. The predicted octanol–water partition coefficient (Wildman–Crippen LogP) is 4.00. The van der Waals surface area contributed by atoms with Crippen LogP contribution in [0.5, 0.6) is 0 Å². The Bertz CT molecular complexity index is 811. The summed E-state index contributed by atoms with van der Waals surface area (Å²) in [6.45, 7) is 3.71. The molecule has 0 bridgehead atoms. The second-order valence-corrected chi connectivity index (χ2v) is 5.99. The average Bonchev–Trinajstić information content (AvgIpc) is 2.87. The predicted molar refractivity (Wildman–Crippen MR) is 92.2 cm³/mol. The standard InChI is InChI=1S/C21H18O3/c1-3-13(2)17(14-9-5-4-6-10-14)21(24)18-19(22)15-11-7-8-12-16(15)20(18)23/h3-12,17-18H,1-2H3/b13-3+. The van der Waals surface area contributed by atoms with Crippen LogP contribution in [0.3, 0.4) is 0 Å². The Morgan fingerprint density at radius 2 is 1.42 bits per heavy atom. The molecule has 0 radical (unpaired) electrons. The molecule has 1 aliphatic rings. The molecule has 24 heavy (non-hydrogen) atoms. The van der Waals surface area contributed by atoms with E-state index in [4.69, 9.17) is 0 Å². The minimum Gasteiger partial charge on any atom is -0.297 e. The largest absolute Gasteiger partial charge is 0.297 e. The Labute approximate surface area is 141 Å². The van der Waals surface area contributed by atoms with E-state index < -0.39 is 11.8 Å². The van der Waals surface area contributed by atoms with E-state index in [1.54, 1.807) is 24.3 Å². The molecule has 0 aliphatic heterocycles. The lowest BCUT2D eigenvalue weighted by atomic mass is 9.81. The molecular formula is C21H18O3. The molecule has 1 atom stereocenters. The number of Topliss-reactive ketones (excluding diaryl/α,β-unsaturated/α-hetero) is 3. The lowest BCUT2D eigenvalue weighted by molar-refractivity contribution is -0.120. The van der Waals surface area contributed by atoms with Crippen molar-refractivity contribution in [3.63, 3.8) is 0 Å². The summed E-state index contributed by atoms with van der Waals surface area (Å²) in [5.74, 6) is -2.93.